The Morgan fingerprint density at radius 3 is 2.29 bits per heavy atom. The molecule has 0 aliphatic carbocycles. The molecule has 0 saturated carbocycles. The van der Waals surface area contributed by atoms with Gasteiger partial charge in [-0.25, -0.2) is 17.1 Å². The first-order chi connectivity index (χ1) is 13.3. The van der Waals surface area contributed by atoms with E-state index in [1.54, 1.807) is 30.3 Å². The van der Waals surface area contributed by atoms with Crippen LogP contribution < -0.4 is 5.32 Å². The molecule has 0 aromatic heterocycles. The molecule has 3 aromatic carbocycles. The Morgan fingerprint density at radius 1 is 1.04 bits per heavy atom. The predicted octanol–water partition coefficient (Wildman–Crippen LogP) is 2.86. The minimum absolute atomic E-state index is 0.0763. The van der Waals surface area contributed by atoms with Crippen LogP contribution in [0.3, 0.4) is 0 Å². The van der Waals surface area contributed by atoms with Gasteiger partial charge >= 0.3 is 0 Å². The Morgan fingerprint density at radius 2 is 1.64 bits per heavy atom. The van der Waals surface area contributed by atoms with Crippen molar-refractivity contribution in [3.05, 3.63) is 72.0 Å². The Bertz CT molecular complexity index is 1220. The van der Waals surface area contributed by atoms with Crippen molar-refractivity contribution >= 4 is 38.3 Å². The molecule has 0 fully saturated rings. The Hall–Kier alpha value is -3.26. The van der Waals surface area contributed by atoms with E-state index in [0.29, 0.717) is 20.8 Å². The van der Waals surface area contributed by atoms with Crippen LogP contribution in [-0.4, -0.2) is 31.6 Å². The van der Waals surface area contributed by atoms with Crippen LogP contribution in [0.1, 0.15) is 11.5 Å². The molecule has 4 rings (SSSR count). The topological polar surface area (TPSA) is 83.6 Å². The molecular weight excluding hydrogens is 383 g/mol. The van der Waals surface area contributed by atoms with Gasteiger partial charge in [0.1, 0.15) is 11.7 Å². The molecule has 1 unspecified atom stereocenters. The fourth-order valence-electron chi connectivity index (χ4n) is 3.27. The zero-order valence-electron chi connectivity index (χ0n) is 14.7. The molecule has 142 valence electrons. The Kier molecular flexibility index (Phi) is 4.15. The van der Waals surface area contributed by atoms with Crippen LogP contribution in [-0.2, 0) is 19.6 Å². The molecule has 6 nitrogen and oxygen atoms in total. The molecule has 0 radical (unpaired) electrons. The van der Waals surface area contributed by atoms with E-state index in [0.717, 1.165) is 7.05 Å². The molecule has 1 atom stereocenters. The fourth-order valence-corrected chi connectivity index (χ4v) is 4.66. The van der Waals surface area contributed by atoms with E-state index in [2.05, 4.69) is 5.32 Å². The lowest BCUT2D eigenvalue weighted by atomic mass is 9.94. The number of rotatable bonds is 2. The van der Waals surface area contributed by atoms with Gasteiger partial charge in [-0.05, 0) is 52.7 Å². The third-order valence-electron chi connectivity index (χ3n) is 4.76. The summed E-state index contributed by atoms with van der Waals surface area (Å²) < 4.78 is 39.2. The maximum Gasteiger partial charge on any atom is 0.266 e. The highest BCUT2D eigenvalue weighted by Crippen LogP contribution is 2.37. The highest BCUT2D eigenvalue weighted by atomic mass is 32.2. The number of carbonyl (C=O) groups excluding carboxylic acids is 2. The second kappa shape index (κ2) is 6.42. The summed E-state index contributed by atoms with van der Waals surface area (Å²) in [6, 6.07) is 15.2. The van der Waals surface area contributed by atoms with Crippen LogP contribution in [0.2, 0.25) is 0 Å². The number of anilines is 1. The van der Waals surface area contributed by atoms with Gasteiger partial charge in [0.2, 0.25) is 5.91 Å². The number of halogens is 1. The van der Waals surface area contributed by atoms with Gasteiger partial charge in [0.25, 0.3) is 15.9 Å². The van der Waals surface area contributed by atoms with Gasteiger partial charge in [-0.15, -0.1) is 0 Å². The average Bonchev–Trinajstić information content (AvgIpc) is 2.67. The highest BCUT2D eigenvalue weighted by molar-refractivity contribution is 7.89. The Balaban J connectivity index is 1.85. The molecule has 1 N–H and O–H groups in total. The largest absolute Gasteiger partial charge is 0.325 e. The third-order valence-corrected chi connectivity index (χ3v) is 6.57. The number of sulfonamides is 1. The summed E-state index contributed by atoms with van der Waals surface area (Å²) in [7, 11) is -2.92. The number of fused-ring (bicyclic) bond motifs is 2. The van der Waals surface area contributed by atoms with Crippen molar-refractivity contribution in [2.24, 2.45) is 0 Å². The van der Waals surface area contributed by atoms with Crippen LogP contribution in [0.15, 0.2) is 65.6 Å². The summed E-state index contributed by atoms with van der Waals surface area (Å²) in [5.41, 5.74) is 0.430. The van der Waals surface area contributed by atoms with E-state index >= 15 is 0 Å². The van der Waals surface area contributed by atoms with Gasteiger partial charge in [0, 0.05) is 12.7 Å². The van der Waals surface area contributed by atoms with E-state index in [1.807, 2.05) is 0 Å². The summed E-state index contributed by atoms with van der Waals surface area (Å²) in [6.07, 6.45) is 0. The van der Waals surface area contributed by atoms with Crippen molar-refractivity contribution in [1.82, 2.24) is 4.31 Å². The number of carbonyl (C=O) groups is 2. The molecule has 28 heavy (non-hydrogen) atoms. The summed E-state index contributed by atoms with van der Waals surface area (Å²) in [5.74, 6) is -3.33. The van der Waals surface area contributed by atoms with Crippen molar-refractivity contribution in [3.63, 3.8) is 0 Å². The minimum Gasteiger partial charge on any atom is -0.325 e. The maximum atomic E-state index is 13.1. The van der Waals surface area contributed by atoms with Crippen LogP contribution in [0, 0.1) is 5.82 Å². The molecule has 2 amide bonds. The molecular formula is C20H15FN2O4S. The standard InChI is InChI=1S/C20H15FN2O4S/c1-23-20(25)18(19(24)22-15-8-6-14(21)7-9-15)16-10-12-4-2-3-5-13(12)11-17(16)28(23,26)27/h2-11,18H,1H3,(H,22,24). The number of amides is 2. The summed E-state index contributed by atoms with van der Waals surface area (Å²) in [5, 5.41) is 3.96. The van der Waals surface area contributed by atoms with Crippen molar-refractivity contribution in [1.29, 1.82) is 0 Å². The van der Waals surface area contributed by atoms with Crippen molar-refractivity contribution in [2.45, 2.75) is 10.8 Å². The fraction of sp³-hybridized carbons (Fsp3) is 0.100. The van der Waals surface area contributed by atoms with Crippen molar-refractivity contribution in [2.75, 3.05) is 12.4 Å². The zero-order chi connectivity index (χ0) is 20.1. The van der Waals surface area contributed by atoms with E-state index in [-0.39, 0.29) is 10.5 Å². The summed E-state index contributed by atoms with van der Waals surface area (Å²) in [6.45, 7) is 0. The SMILES string of the molecule is CN1C(=O)C(C(=O)Nc2ccc(F)cc2)c2cc3ccccc3cc2S1(=O)=O. The smallest absolute Gasteiger partial charge is 0.266 e. The van der Waals surface area contributed by atoms with Gasteiger partial charge in [-0.1, -0.05) is 24.3 Å². The molecule has 1 aliphatic heterocycles. The molecule has 0 spiro atoms. The predicted molar refractivity (Wildman–Crippen MR) is 102 cm³/mol. The lowest BCUT2D eigenvalue weighted by Crippen LogP contribution is -2.45. The minimum atomic E-state index is -4.05. The van der Waals surface area contributed by atoms with E-state index < -0.39 is 33.6 Å². The molecule has 1 aliphatic rings. The summed E-state index contributed by atoms with van der Waals surface area (Å²) in [4.78, 5) is 25.5. The number of benzene rings is 3. The first-order valence-corrected chi connectivity index (χ1v) is 9.85. The van der Waals surface area contributed by atoms with Gasteiger partial charge in [-0.2, -0.15) is 0 Å². The first-order valence-electron chi connectivity index (χ1n) is 8.41. The van der Waals surface area contributed by atoms with Gasteiger partial charge in [-0.3, -0.25) is 9.59 Å². The molecule has 0 bridgehead atoms. The zero-order valence-corrected chi connectivity index (χ0v) is 15.5. The quantitative estimate of drug-likeness (QED) is 0.673. The maximum absolute atomic E-state index is 13.1. The number of nitrogens with zero attached hydrogens (tertiary/aromatic N) is 1. The van der Waals surface area contributed by atoms with Gasteiger partial charge in [0.15, 0.2) is 0 Å². The number of likely N-dealkylation sites (N-methyl/N-ethyl adjacent to an activating group) is 1. The van der Waals surface area contributed by atoms with Crippen LogP contribution in [0.4, 0.5) is 10.1 Å². The summed E-state index contributed by atoms with van der Waals surface area (Å²) >= 11 is 0. The normalized spacial score (nSPS) is 18.0. The van der Waals surface area contributed by atoms with Crippen LogP contribution in [0.25, 0.3) is 10.8 Å². The van der Waals surface area contributed by atoms with Crippen LogP contribution >= 0.6 is 0 Å². The van der Waals surface area contributed by atoms with Crippen molar-refractivity contribution < 1.29 is 22.4 Å². The van der Waals surface area contributed by atoms with Gasteiger partial charge in [0.05, 0.1) is 4.90 Å². The van der Waals surface area contributed by atoms with E-state index in [1.165, 1.54) is 30.3 Å². The van der Waals surface area contributed by atoms with Crippen molar-refractivity contribution in [3.8, 4) is 0 Å². The van der Waals surface area contributed by atoms with E-state index in [9.17, 15) is 22.4 Å². The lowest BCUT2D eigenvalue weighted by molar-refractivity contribution is -0.132. The second-order valence-electron chi connectivity index (χ2n) is 6.48. The highest BCUT2D eigenvalue weighted by Gasteiger charge is 2.44. The Labute approximate surface area is 160 Å². The molecule has 0 saturated heterocycles. The molecule has 3 aromatic rings. The number of nitrogens with one attached hydrogen (secondary N) is 1. The van der Waals surface area contributed by atoms with E-state index in [4.69, 9.17) is 0 Å². The third kappa shape index (κ3) is 2.82. The number of hydrogen-bond donors (Lipinski definition) is 1. The second-order valence-corrected chi connectivity index (χ2v) is 8.41. The lowest BCUT2D eigenvalue weighted by Gasteiger charge is -2.30. The average molecular weight is 398 g/mol. The molecule has 8 heteroatoms. The van der Waals surface area contributed by atoms with Crippen LogP contribution in [0.5, 0.6) is 0 Å². The monoisotopic (exact) mass is 398 g/mol. The number of hydrogen-bond acceptors (Lipinski definition) is 4. The first kappa shape index (κ1) is 18.1. The molecule has 1 heterocycles. The van der Waals surface area contributed by atoms with Gasteiger partial charge < -0.3 is 5.32 Å².